The lowest BCUT2D eigenvalue weighted by Crippen LogP contribution is -2.65. The molecular formula is C22H28N6O2. The van der Waals surface area contributed by atoms with Crippen LogP contribution in [0.2, 0.25) is 0 Å². The van der Waals surface area contributed by atoms with Crippen molar-refractivity contribution in [3.05, 3.63) is 53.3 Å². The molecule has 0 N–H and O–H groups in total. The van der Waals surface area contributed by atoms with Crippen molar-refractivity contribution in [3.63, 3.8) is 0 Å². The Morgan fingerprint density at radius 3 is 2.40 bits per heavy atom. The molecule has 4 rings (SSSR count). The third-order valence-corrected chi connectivity index (χ3v) is 5.51. The van der Waals surface area contributed by atoms with Crippen LogP contribution in [0, 0.1) is 19.8 Å². The first-order valence-electron chi connectivity index (χ1n) is 10.3. The number of likely N-dealkylation sites (N-methyl/N-ethyl adjacent to an activating group) is 1. The molecule has 1 aromatic carbocycles. The molecule has 1 fully saturated rings. The van der Waals surface area contributed by atoms with Crippen LogP contribution in [0.1, 0.15) is 30.8 Å². The fraction of sp³-hybridized carbons (Fsp3) is 0.455. The minimum absolute atomic E-state index is 0.184. The SMILES string of the molecule is Cc1cc(C)n(C2=NC3C(C(=O)N(CC(C)C)C(=O)N3C)N2Cc2ccccc2)n1. The molecule has 0 aliphatic carbocycles. The van der Waals surface area contributed by atoms with E-state index in [9.17, 15) is 9.59 Å². The van der Waals surface area contributed by atoms with Crippen molar-refractivity contribution in [1.29, 1.82) is 0 Å². The minimum Gasteiger partial charge on any atom is -0.321 e. The Bertz CT molecular complexity index is 996. The maximum absolute atomic E-state index is 13.5. The first-order valence-corrected chi connectivity index (χ1v) is 10.3. The zero-order chi connectivity index (χ0) is 21.6. The van der Waals surface area contributed by atoms with Crippen molar-refractivity contribution >= 4 is 17.9 Å². The van der Waals surface area contributed by atoms with Gasteiger partial charge in [0, 0.05) is 25.8 Å². The van der Waals surface area contributed by atoms with E-state index in [2.05, 4.69) is 5.10 Å². The number of aryl methyl sites for hydroxylation is 2. The van der Waals surface area contributed by atoms with Crippen molar-refractivity contribution in [2.75, 3.05) is 13.6 Å². The smallest absolute Gasteiger partial charge is 0.321 e. The highest BCUT2D eigenvalue weighted by atomic mass is 16.2. The molecule has 1 saturated heterocycles. The van der Waals surface area contributed by atoms with Crippen LogP contribution >= 0.6 is 0 Å². The van der Waals surface area contributed by atoms with Crippen molar-refractivity contribution in [3.8, 4) is 0 Å². The van der Waals surface area contributed by atoms with E-state index < -0.39 is 12.2 Å². The molecule has 158 valence electrons. The van der Waals surface area contributed by atoms with Crippen molar-refractivity contribution in [2.24, 2.45) is 10.9 Å². The minimum atomic E-state index is -0.578. The quantitative estimate of drug-likeness (QED) is 0.779. The van der Waals surface area contributed by atoms with Crippen LogP contribution in [0.3, 0.4) is 0 Å². The predicted molar refractivity (Wildman–Crippen MR) is 114 cm³/mol. The molecule has 3 amide bonds. The molecule has 3 heterocycles. The van der Waals surface area contributed by atoms with Gasteiger partial charge in [-0.1, -0.05) is 44.2 Å². The number of carbonyl (C=O) groups excluding carboxylic acids is 2. The molecular weight excluding hydrogens is 380 g/mol. The molecule has 2 aliphatic heterocycles. The molecule has 0 saturated carbocycles. The van der Waals surface area contributed by atoms with Crippen LogP contribution in [-0.4, -0.2) is 68.2 Å². The Kier molecular flexibility index (Phi) is 5.09. The van der Waals surface area contributed by atoms with Crippen LogP contribution in [0.15, 0.2) is 41.4 Å². The van der Waals surface area contributed by atoms with Crippen LogP contribution in [-0.2, 0) is 11.3 Å². The number of aromatic nitrogens is 2. The Balaban J connectivity index is 1.78. The fourth-order valence-electron chi connectivity index (χ4n) is 4.16. The maximum Gasteiger partial charge on any atom is 0.328 e. The highest BCUT2D eigenvalue weighted by molar-refractivity contribution is 6.04. The second-order valence-corrected chi connectivity index (χ2v) is 8.48. The summed E-state index contributed by atoms with van der Waals surface area (Å²) in [6, 6.07) is 11.1. The molecule has 8 nitrogen and oxygen atoms in total. The van der Waals surface area contributed by atoms with Crippen molar-refractivity contribution in [2.45, 2.75) is 46.4 Å². The summed E-state index contributed by atoms with van der Waals surface area (Å²) in [5.41, 5.74) is 2.88. The van der Waals surface area contributed by atoms with Gasteiger partial charge in [-0.15, -0.1) is 0 Å². The van der Waals surface area contributed by atoms with Gasteiger partial charge in [0.05, 0.1) is 5.69 Å². The molecule has 0 spiro atoms. The Hall–Kier alpha value is -3.16. The van der Waals surface area contributed by atoms with Crippen LogP contribution in [0.5, 0.6) is 0 Å². The van der Waals surface area contributed by atoms with Gasteiger partial charge in [0.2, 0.25) is 5.96 Å². The molecule has 30 heavy (non-hydrogen) atoms. The van der Waals surface area contributed by atoms with E-state index in [-0.39, 0.29) is 17.9 Å². The summed E-state index contributed by atoms with van der Waals surface area (Å²) < 4.78 is 1.77. The third-order valence-electron chi connectivity index (χ3n) is 5.51. The topological polar surface area (TPSA) is 74.0 Å². The number of benzene rings is 1. The molecule has 0 radical (unpaired) electrons. The largest absolute Gasteiger partial charge is 0.328 e. The van der Waals surface area contributed by atoms with Gasteiger partial charge in [0.1, 0.15) is 0 Å². The lowest BCUT2D eigenvalue weighted by atomic mass is 10.1. The number of aliphatic imine (C=N–C) groups is 1. The number of rotatable bonds is 4. The zero-order valence-corrected chi connectivity index (χ0v) is 18.1. The normalized spacial score (nSPS) is 21.5. The van der Waals surface area contributed by atoms with Gasteiger partial charge in [-0.25, -0.2) is 14.5 Å². The van der Waals surface area contributed by atoms with E-state index in [0.717, 1.165) is 17.0 Å². The first-order chi connectivity index (χ1) is 14.3. The molecule has 8 heteroatoms. The second kappa shape index (κ2) is 7.59. The number of fused-ring (bicyclic) bond motifs is 1. The number of nitrogens with zero attached hydrogens (tertiary/aromatic N) is 6. The molecule has 0 bridgehead atoms. The highest BCUT2D eigenvalue weighted by Gasteiger charge is 2.52. The monoisotopic (exact) mass is 408 g/mol. The van der Waals surface area contributed by atoms with E-state index in [1.54, 1.807) is 16.6 Å². The first kappa shape index (κ1) is 20.1. The third kappa shape index (κ3) is 3.36. The Morgan fingerprint density at radius 2 is 1.80 bits per heavy atom. The molecule has 2 atom stereocenters. The fourth-order valence-corrected chi connectivity index (χ4v) is 4.16. The number of urea groups is 1. The lowest BCUT2D eigenvalue weighted by molar-refractivity contribution is -0.138. The summed E-state index contributed by atoms with van der Waals surface area (Å²) in [4.78, 5) is 36.2. The van der Waals surface area contributed by atoms with Gasteiger partial charge >= 0.3 is 6.03 Å². The van der Waals surface area contributed by atoms with Crippen LogP contribution in [0.25, 0.3) is 0 Å². The van der Waals surface area contributed by atoms with E-state index >= 15 is 0 Å². The van der Waals surface area contributed by atoms with Crippen LogP contribution in [0.4, 0.5) is 4.79 Å². The van der Waals surface area contributed by atoms with E-state index in [1.807, 2.05) is 69.0 Å². The molecule has 2 aliphatic rings. The van der Waals surface area contributed by atoms with Crippen molar-refractivity contribution in [1.82, 2.24) is 24.5 Å². The zero-order valence-electron chi connectivity index (χ0n) is 18.1. The van der Waals surface area contributed by atoms with Gasteiger partial charge in [-0.2, -0.15) is 5.10 Å². The number of amides is 3. The van der Waals surface area contributed by atoms with Gasteiger partial charge < -0.3 is 9.80 Å². The second-order valence-electron chi connectivity index (χ2n) is 8.48. The van der Waals surface area contributed by atoms with Gasteiger partial charge in [0.25, 0.3) is 5.91 Å². The maximum atomic E-state index is 13.5. The molecule has 2 unspecified atom stereocenters. The summed E-state index contributed by atoms with van der Waals surface area (Å²) >= 11 is 0. The number of carbonyl (C=O) groups is 2. The lowest BCUT2D eigenvalue weighted by Gasteiger charge is -2.41. The average molecular weight is 409 g/mol. The van der Waals surface area contributed by atoms with Gasteiger partial charge in [0.15, 0.2) is 12.2 Å². The van der Waals surface area contributed by atoms with E-state index in [1.165, 1.54) is 4.90 Å². The molecule has 2 aromatic rings. The van der Waals surface area contributed by atoms with Gasteiger partial charge in [-0.3, -0.25) is 9.69 Å². The number of hydrogen-bond donors (Lipinski definition) is 0. The summed E-state index contributed by atoms with van der Waals surface area (Å²) in [7, 11) is 1.72. The van der Waals surface area contributed by atoms with Crippen molar-refractivity contribution < 1.29 is 9.59 Å². The average Bonchev–Trinajstić information content (AvgIpc) is 3.23. The number of hydrogen-bond acceptors (Lipinski definition) is 5. The summed E-state index contributed by atoms with van der Waals surface area (Å²) in [5, 5.41) is 4.59. The Morgan fingerprint density at radius 1 is 1.10 bits per heavy atom. The van der Waals surface area contributed by atoms with E-state index in [4.69, 9.17) is 4.99 Å². The highest BCUT2D eigenvalue weighted by Crippen LogP contribution is 2.30. The number of imide groups is 1. The summed E-state index contributed by atoms with van der Waals surface area (Å²) in [6.45, 7) is 8.79. The standard InChI is InChI=1S/C22H28N6O2/c1-14(2)12-27-20(29)18-19(25(5)22(27)30)23-21(28-16(4)11-15(3)24-28)26(18)13-17-9-7-6-8-10-17/h6-11,14,18-19H,12-13H2,1-5H3. The predicted octanol–water partition coefficient (Wildman–Crippen LogP) is 2.46. The summed E-state index contributed by atoms with van der Waals surface area (Å²) in [6.07, 6.45) is -0.573. The van der Waals surface area contributed by atoms with E-state index in [0.29, 0.717) is 19.0 Å². The van der Waals surface area contributed by atoms with Gasteiger partial charge in [-0.05, 0) is 31.4 Å². The molecule has 1 aromatic heterocycles. The van der Waals surface area contributed by atoms with Crippen LogP contribution < -0.4 is 0 Å². The summed E-state index contributed by atoms with van der Waals surface area (Å²) in [5.74, 6) is 0.579. The Labute approximate surface area is 176 Å².